The Morgan fingerprint density at radius 3 is 2.06 bits per heavy atom. The molecule has 4 nitrogen and oxygen atoms in total. The highest BCUT2D eigenvalue weighted by Crippen LogP contribution is 2.30. The van der Waals surface area contributed by atoms with Gasteiger partial charge in [0.25, 0.3) is 0 Å². The van der Waals surface area contributed by atoms with Gasteiger partial charge in [-0.2, -0.15) is 36.3 Å². The van der Waals surface area contributed by atoms with Gasteiger partial charge in [-0.15, -0.1) is 0 Å². The first-order chi connectivity index (χ1) is 14.6. The SMILES string of the molecule is FC(F)(F)COc1nc(CCc2ccccc2)nc(Cc2cccc(C(F)(F)F)c2)n1. The van der Waals surface area contributed by atoms with E-state index in [1.807, 2.05) is 30.3 Å². The van der Waals surface area contributed by atoms with Gasteiger partial charge in [-0.3, -0.25) is 0 Å². The number of ether oxygens (including phenoxy) is 1. The van der Waals surface area contributed by atoms with Crippen LogP contribution in [-0.2, 0) is 25.4 Å². The van der Waals surface area contributed by atoms with Gasteiger partial charge in [-0.25, -0.2) is 4.98 Å². The van der Waals surface area contributed by atoms with Crippen LogP contribution in [-0.4, -0.2) is 27.7 Å². The minimum Gasteiger partial charge on any atom is -0.454 e. The fraction of sp³-hybridized carbons (Fsp3) is 0.286. The number of hydrogen-bond acceptors (Lipinski definition) is 4. The standard InChI is InChI=1S/C21H17F6N3O/c22-20(23,24)13-31-19-29-17(10-9-14-5-2-1-3-6-14)28-18(30-19)12-15-7-4-8-16(11-15)21(25,26)27/h1-8,11H,9-10,12-13H2. The van der Waals surface area contributed by atoms with E-state index in [0.717, 1.165) is 17.7 Å². The molecule has 0 aliphatic rings. The van der Waals surface area contributed by atoms with Crippen LogP contribution < -0.4 is 4.74 Å². The number of nitrogens with zero attached hydrogens (tertiary/aromatic N) is 3. The smallest absolute Gasteiger partial charge is 0.422 e. The highest BCUT2D eigenvalue weighted by Gasteiger charge is 2.31. The largest absolute Gasteiger partial charge is 0.454 e. The second kappa shape index (κ2) is 9.32. The average molecular weight is 441 g/mol. The number of rotatable bonds is 7. The quantitative estimate of drug-likeness (QED) is 0.473. The molecule has 31 heavy (non-hydrogen) atoms. The van der Waals surface area contributed by atoms with E-state index in [-0.39, 0.29) is 23.6 Å². The van der Waals surface area contributed by atoms with Crippen LogP contribution in [0.15, 0.2) is 54.6 Å². The highest BCUT2D eigenvalue weighted by atomic mass is 19.4. The van der Waals surface area contributed by atoms with Crippen LogP contribution >= 0.6 is 0 Å². The number of hydrogen-bond donors (Lipinski definition) is 0. The van der Waals surface area contributed by atoms with Crippen molar-refractivity contribution < 1.29 is 31.1 Å². The zero-order valence-corrected chi connectivity index (χ0v) is 16.0. The number of alkyl halides is 6. The molecule has 0 fully saturated rings. The summed E-state index contributed by atoms with van der Waals surface area (Å²) >= 11 is 0. The lowest BCUT2D eigenvalue weighted by atomic mass is 10.1. The number of aryl methyl sites for hydroxylation is 2. The van der Waals surface area contributed by atoms with E-state index < -0.39 is 30.5 Å². The lowest BCUT2D eigenvalue weighted by molar-refractivity contribution is -0.154. The lowest BCUT2D eigenvalue weighted by Gasteiger charge is -2.11. The van der Waals surface area contributed by atoms with Crippen molar-refractivity contribution in [2.75, 3.05) is 6.61 Å². The van der Waals surface area contributed by atoms with Crippen LogP contribution in [0.4, 0.5) is 26.3 Å². The predicted molar refractivity (Wildman–Crippen MR) is 99.5 cm³/mol. The Hall–Kier alpha value is -3.17. The molecule has 0 radical (unpaired) electrons. The summed E-state index contributed by atoms with van der Waals surface area (Å²) in [7, 11) is 0. The molecule has 0 N–H and O–H groups in total. The molecule has 3 aromatic rings. The maximum atomic E-state index is 12.9. The Morgan fingerprint density at radius 2 is 1.39 bits per heavy atom. The molecule has 0 saturated carbocycles. The van der Waals surface area contributed by atoms with Crippen LogP contribution in [0.25, 0.3) is 0 Å². The molecule has 0 atom stereocenters. The van der Waals surface area contributed by atoms with Gasteiger partial charge in [-0.05, 0) is 23.6 Å². The monoisotopic (exact) mass is 441 g/mol. The van der Waals surface area contributed by atoms with Crippen LogP contribution in [0.3, 0.4) is 0 Å². The van der Waals surface area contributed by atoms with Crippen LogP contribution in [0.2, 0.25) is 0 Å². The number of benzene rings is 2. The Kier molecular flexibility index (Phi) is 6.77. The first-order valence-electron chi connectivity index (χ1n) is 9.22. The first-order valence-corrected chi connectivity index (χ1v) is 9.22. The summed E-state index contributed by atoms with van der Waals surface area (Å²) in [6.07, 6.45) is -8.40. The summed E-state index contributed by atoms with van der Waals surface area (Å²) in [5.41, 5.74) is 0.397. The van der Waals surface area contributed by atoms with Crippen LogP contribution in [0.1, 0.15) is 28.3 Å². The third-order valence-corrected chi connectivity index (χ3v) is 4.17. The third kappa shape index (κ3) is 7.23. The van der Waals surface area contributed by atoms with Crippen LogP contribution in [0, 0.1) is 0 Å². The molecule has 0 unspecified atom stereocenters. The van der Waals surface area contributed by atoms with Crippen molar-refractivity contribution >= 4 is 0 Å². The Balaban J connectivity index is 1.83. The van der Waals surface area contributed by atoms with E-state index >= 15 is 0 Å². The topological polar surface area (TPSA) is 47.9 Å². The van der Waals surface area contributed by atoms with E-state index in [2.05, 4.69) is 19.7 Å². The van der Waals surface area contributed by atoms with Crippen LogP contribution in [0.5, 0.6) is 6.01 Å². The molecule has 0 amide bonds. The van der Waals surface area contributed by atoms with E-state index in [1.54, 1.807) is 0 Å². The summed E-state index contributed by atoms with van der Waals surface area (Å²) in [4.78, 5) is 12.0. The molecule has 0 bridgehead atoms. The number of aromatic nitrogens is 3. The maximum Gasteiger partial charge on any atom is 0.422 e. The van der Waals surface area contributed by atoms with E-state index in [1.165, 1.54) is 12.1 Å². The zero-order valence-electron chi connectivity index (χ0n) is 16.0. The third-order valence-electron chi connectivity index (χ3n) is 4.17. The van der Waals surface area contributed by atoms with Gasteiger partial charge in [0.15, 0.2) is 6.61 Å². The zero-order chi connectivity index (χ0) is 22.5. The van der Waals surface area contributed by atoms with Gasteiger partial charge < -0.3 is 4.74 Å². The van der Waals surface area contributed by atoms with Gasteiger partial charge in [0.05, 0.1) is 5.56 Å². The minimum atomic E-state index is -4.59. The molecule has 0 aliphatic heterocycles. The average Bonchev–Trinajstić information content (AvgIpc) is 2.71. The Labute approximate surface area is 174 Å². The van der Waals surface area contributed by atoms with Crippen molar-refractivity contribution in [3.63, 3.8) is 0 Å². The van der Waals surface area contributed by atoms with Crippen molar-refractivity contribution in [2.24, 2.45) is 0 Å². The summed E-state index contributed by atoms with van der Waals surface area (Å²) in [6.45, 7) is -1.59. The summed E-state index contributed by atoms with van der Waals surface area (Å²) in [5, 5.41) is 0. The second-order valence-electron chi connectivity index (χ2n) is 6.71. The fourth-order valence-corrected chi connectivity index (χ4v) is 2.79. The van der Waals surface area contributed by atoms with Crippen molar-refractivity contribution in [1.29, 1.82) is 0 Å². The van der Waals surface area contributed by atoms with E-state index in [0.29, 0.717) is 12.8 Å². The van der Waals surface area contributed by atoms with Gasteiger partial charge in [0.1, 0.15) is 11.6 Å². The van der Waals surface area contributed by atoms with Crippen molar-refractivity contribution in [3.8, 4) is 6.01 Å². The van der Waals surface area contributed by atoms with Gasteiger partial charge >= 0.3 is 18.4 Å². The summed E-state index contributed by atoms with van der Waals surface area (Å²) < 4.78 is 81.0. The van der Waals surface area contributed by atoms with E-state index in [4.69, 9.17) is 0 Å². The molecule has 164 valence electrons. The predicted octanol–water partition coefficient (Wildman–Crippen LogP) is 5.21. The fourth-order valence-electron chi connectivity index (χ4n) is 2.79. The first kappa shape index (κ1) is 22.5. The summed E-state index contributed by atoms with van der Waals surface area (Å²) in [6, 6.07) is 13.4. The van der Waals surface area contributed by atoms with Gasteiger partial charge in [0.2, 0.25) is 0 Å². The lowest BCUT2D eigenvalue weighted by Crippen LogP contribution is -2.21. The van der Waals surface area contributed by atoms with Crippen molar-refractivity contribution in [3.05, 3.63) is 82.9 Å². The van der Waals surface area contributed by atoms with Crippen molar-refractivity contribution in [1.82, 2.24) is 15.0 Å². The molecule has 1 heterocycles. The molecule has 1 aromatic heterocycles. The molecular formula is C21H17F6N3O. The molecular weight excluding hydrogens is 424 g/mol. The minimum absolute atomic E-state index is 0.0227. The van der Waals surface area contributed by atoms with E-state index in [9.17, 15) is 26.3 Å². The Bertz CT molecular complexity index is 1010. The van der Waals surface area contributed by atoms with Crippen molar-refractivity contribution in [2.45, 2.75) is 31.6 Å². The maximum absolute atomic E-state index is 12.9. The van der Waals surface area contributed by atoms with Gasteiger partial charge in [0, 0.05) is 12.8 Å². The molecule has 0 spiro atoms. The van der Waals surface area contributed by atoms with Gasteiger partial charge in [-0.1, -0.05) is 48.5 Å². The normalized spacial score (nSPS) is 12.1. The molecule has 10 heteroatoms. The highest BCUT2D eigenvalue weighted by molar-refractivity contribution is 5.28. The summed E-state index contributed by atoms with van der Waals surface area (Å²) in [5.74, 6) is 0.215. The Morgan fingerprint density at radius 1 is 0.710 bits per heavy atom. The molecule has 3 rings (SSSR count). The second-order valence-corrected chi connectivity index (χ2v) is 6.71. The molecule has 0 aliphatic carbocycles. The molecule has 0 saturated heterocycles. The number of halogens is 6. The molecule has 2 aromatic carbocycles.